The Hall–Kier alpha value is -1.68. The van der Waals surface area contributed by atoms with E-state index < -0.39 is 0 Å². The second-order valence-electron chi connectivity index (χ2n) is 5.94. The number of imide groups is 1. The number of amides is 2. The van der Waals surface area contributed by atoms with E-state index in [9.17, 15) is 9.59 Å². The van der Waals surface area contributed by atoms with Gasteiger partial charge in [0.25, 0.3) is 0 Å². The fourth-order valence-electron chi connectivity index (χ4n) is 3.22. The monoisotopic (exact) mass is 286 g/mol. The summed E-state index contributed by atoms with van der Waals surface area (Å²) in [7, 11) is 0. The quantitative estimate of drug-likeness (QED) is 0.614. The van der Waals surface area contributed by atoms with Gasteiger partial charge in [0.15, 0.2) is 0 Å². The summed E-state index contributed by atoms with van der Waals surface area (Å²) in [6.45, 7) is 3.78. The minimum atomic E-state index is 0.00639. The van der Waals surface area contributed by atoms with E-state index in [-0.39, 0.29) is 11.8 Å². The van der Waals surface area contributed by atoms with Gasteiger partial charge < -0.3 is 0 Å². The van der Waals surface area contributed by atoms with Crippen molar-refractivity contribution in [2.75, 3.05) is 19.6 Å². The van der Waals surface area contributed by atoms with Gasteiger partial charge >= 0.3 is 0 Å². The third-order valence-corrected chi connectivity index (χ3v) is 4.47. The van der Waals surface area contributed by atoms with E-state index in [1.807, 2.05) is 0 Å². The molecule has 0 atom stereocenters. The van der Waals surface area contributed by atoms with Crippen LogP contribution in [0.3, 0.4) is 0 Å². The number of fused-ring (bicyclic) bond motifs is 1. The molecule has 4 nitrogen and oxygen atoms in total. The van der Waals surface area contributed by atoms with Crippen molar-refractivity contribution in [1.29, 1.82) is 0 Å². The van der Waals surface area contributed by atoms with Crippen LogP contribution in [0.5, 0.6) is 0 Å². The van der Waals surface area contributed by atoms with Crippen LogP contribution in [0.15, 0.2) is 24.3 Å². The molecule has 1 aromatic carbocycles. The number of hydrogen-bond donors (Lipinski definition) is 0. The zero-order valence-corrected chi connectivity index (χ0v) is 12.4. The van der Waals surface area contributed by atoms with Crippen molar-refractivity contribution in [1.82, 2.24) is 9.80 Å². The van der Waals surface area contributed by atoms with Crippen molar-refractivity contribution in [2.45, 2.75) is 38.6 Å². The van der Waals surface area contributed by atoms with Gasteiger partial charge in [-0.15, -0.1) is 0 Å². The molecule has 0 saturated carbocycles. The molecule has 0 unspecified atom stereocenters. The van der Waals surface area contributed by atoms with E-state index in [1.54, 1.807) is 0 Å². The largest absolute Gasteiger partial charge is 0.299 e. The summed E-state index contributed by atoms with van der Waals surface area (Å²) in [4.78, 5) is 26.9. The number of hydrogen-bond acceptors (Lipinski definition) is 3. The number of carbonyl (C=O) groups is 2. The number of benzene rings is 1. The zero-order chi connectivity index (χ0) is 14.7. The SMILES string of the molecule is O=C1CCC(=O)N1CCCCN1CCc2ccccc2C1. The highest BCUT2D eigenvalue weighted by Crippen LogP contribution is 2.19. The van der Waals surface area contributed by atoms with Gasteiger partial charge in [-0.05, 0) is 36.9 Å². The van der Waals surface area contributed by atoms with Gasteiger partial charge in [-0.25, -0.2) is 0 Å². The second-order valence-corrected chi connectivity index (χ2v) is 5.94. The van der Waals surface area contributed by atoms with Crippen molar-refractivity contribution in [2.24, 2.45) is 0 Å². The number of carbonyl (C=O) groups excluding carboxylic acids is 2. The molecule has 0 bridgehead atoms. The molecule has 4 heteroatoms. The van der Waals surface area contributed by atoms with Crippen LogP contribution in [0.1, 0.15) is 36.8 Å². The van der Waals surface area contributed by atoms with Crippen LogP contribution >= 0.6 is 0 Å². The summed E-state index contributed by atoms with van der Waals surface area (Å²) in [5, 5.41) is 0. The van der Waals surface area contributed by atoms with Crippen molar-refractivity contribution >= 4 is 11.8 Å². The molecule has 1 aromatic rings. The molecule has 0 radical (unpaired) electrons. The van der Waals surface area contributed by atoms with Gasteiger partial charge in [0.2, 0.25) is 11.8 Å². The van der Waals surface area contributed by atoms with Gasteiger partial charge in [0, 0.05) is 32.5 Å². The molecule has 1 fully saturated rings. The third kappa shape index (κ3) is 3.32. The predicted octanol–water partition coefficient (Wildman–Crippen LogP) is 1.97. The lowest BCUT2D eigenvalue weighted by atomic mass is 10.00. The standard InChI is InChI=1S/C17H22N2O2/c20-16-7-8-17(21)19(16)11-4-3-10-18-12-9-14-5-1-2-6-15(14)13-18/h1-2,5-6H,3-4,7-13H2. The van der Waals surface area contributed by atoms with E-state index >= 15 is 0 Å². The second kappa shape index (κ2) is 6.39. The Bertz CT molecular complexity index is 525. The lowest BCUT2D eigenvalue weighted by Gasteiger charge is -2.28. The molecule has 21 heavy (non-hydrogen) atoms. The average Bonchev–Trinajstić information content (AvgIpc) is 2.83. The lowest BCUT2D eigenvalue weighted by molar-refractivity contribution is -0.138. The number of rotatable bonds is 5. The van der Waals surface area contributed by atoms with Gasteiger partial charge in [0.05, 0.1) is 0 Å². The highest BCUT2D eigenvalue weighted by molar-refractivity contribution is 6.01. The Morgan fingerprint density at radius 1 is 0.857 bits per heavy atom. The normalized spacial score (nSPS) is 19.1. The summed E-state index contributed by atoms with van der Waals surface area (Å²) < 4.78 is 0. The van der Waals surface area contributed by atoms with E-state index in [0.29, 0.717) is 19.4 Å². The maximum Gasteiger partial charge on any atom is 0.229 e. The minimum Gasteiger partial charge on any atom is -0.299 e. The summed E-state index contributed by atoms with van der Waals surface area (Å²) in [6.07, 6.45) is 3.89. The molecule has 2 aliphatic rings. The van der Waals surface area contributed by atoms with Crippen LogP contribution in [0.4, 0.5) is 0 Å². The van der Waals surface area contributed by atoms with E-state index in [0.717, 1.165) is 38.9 Å². The molecule has 3 rings (SSSR count). The van der Waals surface area contributed by atoms with Crippen LogP contribution in [-0.2, 0) is 22.6 Å². The Morgan fingerprint density at radius 3 is 2.29 bits per heavy atom. The maximum absolute atomic E-state index is 11.5. The van der Waals surface area contributed by atoms with Crippen LogP contribution in [0, 0.1) is 0 Å². The zero-order valence-electron chi connectivity index (χ0n) is 12.4. The average molecular weight is 286 g/mol. The maximum atomic E-state index is 11.5. The highest BCUT2D eigenvalue weighted by Gasteiger charge is 2.27. The number of likely N-dealkylation sites (tertiary alicyclic amines) is 1. The first-order valence-corrected chi connectivity index (χ1v) is 7.86. The van der Waals surface area contributed by atoms with E-state index in [4.69, 9.17) is 0 Å². The molecule has 1 saturated heterocycles. The van der Waals surface area contributed by atoms with Crippen molar-refractivity contribution < 1.29 is 9.59 Å². The molecular formula is C17H22N2O2. The Kier molecular flexibility index (Phi) is 4.34. The van der Waals surface area contributed by atoms with Crippen molar-refractivity contribution in [3.05, 3.63) is 35.4 Å². The molecule has 0 N–H and O–H groups in total. The van der Waals surface area contributed by atoms with Gasteiger partial charge in [0.1, 0.15) is 0 Å². The van der Waals surface area contributed by atoms with E-state index in [2.05, 4.69) is 29.2 Å². The van der Waals surface area contributed by atoms with Gasteiger partial charge in [-0.2, -0.15) is 0 Å². The lowest BCUT2D eigenvalue weighted by Crippen LogP contribution is -2.33. The van der Waals surface area contributed by atoms with E-state index in [1.165, 1.54) is 16.0 Å². The number of nitrogens with zero attached hydrogens (tertiary/aromatic N) is 2. The molecule has 2 heterocycles. The van der Waals surface area contributed by atoms with Gasteiger partial charge in [-0.1, -0.05) is 24.3 Å². The first kappa shape index (κ1) is 14.3. The highest BCUT2D eigenvalue weighted by atomic mass is 16.2. The first-order chi connectivity index (χ1) is 10.2. The van der Waals surface area contributed by atoms with Crippen LogP contribution in [0.25, 0.3) is 0 Å². The van der Waals surface area contributed by atoms with Crippen LogP contribution < -0.4 is 0 Å². The topological polar surface area (TPSA) is 40.6 Å². The summed E-state index contributed by atoms with van der Waals surface area (Å²) in [6, 6.07) is 8.64. The fourth-order valence-corrected chi connectivity index (χ4v) is 3.22. The van der Waals surface area contributed by atoms with Crippen LogP contribution in [-0.4, -0.2) is 41.2 Å². The Morgan fingerprint density at radius 2 is 1.52 bits per heavy atom. The third-order valence-electron chi connectivity index (χ3n) is 4.47. The van der Waals surface area contributed by atoms with Crippen molar-refractivity contribution in [3.8, 4) is 0 Å². The summed E-state index contributed by atoms with van der Waals surface area (Å²) in [5.41, 5.74) is 2.91. The molecule has 0 aliphatic carbocycles. The van der Waals surface area contributed by atoms with Gasteiger partial charge in [-0.3, -0.25) is 19.4 Å². The molecule has 112 valence electrons. The summed E-state index contributed by atoms with van der Waals surface area (Å²) >= 11 is 0. The Balaban J connectivity index is 1.41. The van der Waals surface area contributed by atoms with Crippen LogP contribution in [0.2, 0.25) is 0 Å². The molecule has 2 amide bonds. The minimum absolute atomic E-state index is 0.00639. The molecule has 2 aliphatic heterocycles. The fraction of sp³-hybridized carbons (Fsp3) is 0.529. The molecular weight excluding hydrogens is 264 g/mol. The molecule has 0 spiro atoms. The van der Waals surface area contributed by atoms with Crippen molar-refractivity contribution in [3.63, 3.8) is 0 Å². The Labute approximate surface area is 125 Å². The number of unbranched alkanes of at least 4 members (excludes halogenated alkanes) is 1. The summed E-state index contributed by atoms with van der Waals surface area (Å²) in [5.74, 6) is 0.0128. The molecule has 0 aromatic heterocycles. The first-order valence-electron chi connectivity index (χ1n) is 7.86. The predicted molar refractivity (Wildman–Crippen MR) is 80.6 cm³/mol. The smallest absolute Gasteiger partial charge is 0.229 e.